The third kappa shape index (κ3) is 4.33. The molecule has 0 bridgehead atoms. The Kier molecular flexibility index (Phi) is 5.00. The van der Waals surface area contributed by atoms with E-state index >= 15 is 0 Å². The van der Waals surface area contributed by atoms with E-state index in [-0.39, 0.29) is 30.3 Å². The van der Waals surface area contributed by atoms with Crippen molar-refractivity contribution in [3.05, 3.63) is 35.1 Å². The molecule has 0 atom stereocenters. The van der Waals surface area contributed by atoms with Gasteiger partial charge in [0.25, 0.3) is 0 Å². The maximum Gasteiger partial charge on any atom is 0.317 e. The highest BCUT2D eigenvalue weighted by molar-refractivity contribution is 5.92. The van der Waals surface area contributed by atoms with E-state index in [4.69, 9.17) is 10.8 Å². The number of nitrogens with two attached hydrogens (primary N) is 1. The Hall–Kier alpha value is -1.95. The molecule has 0 radical (unpaired) electrons. The van der Waals surface area contributed by atoms with Crippen LogP contribution in [-0.2, 0) is 11.3 Å². The van der Waals surface area contributed by atoms with Crippen molar-refractivity contribution in [3.8, 4) is 0 Å². The smallest absolute Gasteiger partial charge is 0.317 e. The van der Waals surface area contributed by atoms with Gasteiger partial charge in [-0.05, 0) is 32.0 Å². The molecule has 19 heavy (non-hydrogen) atoms. The van der Waals surface area contributed by atoms with Crippen molar-refractivity contribution in [2.24, 2.45) is 5.73 Å². The molecule has 0 heterocycles. The summed E-state index contributed by atoms with van der Waals surface area (Å²) in [4.78, 5) is 23.4. The van der Waals surface area contributed by atoms with E-state index < -0.39 is 17.7 Å². The monoisotopic (exact) mass is 268 g/mol. The van der Waals surface area contributed by atoms with Crippen LogP contribution in [0.15, 0.2) is 18.2 Å². The lowest BCUT2D eigenvalue weighted by atomic mass is 10.1. The van der Waals surface area contributed by atoms with Gasteiger partial charge in [0.05, 0.1) is 6.54 Å². The van der Waals surface area contributed by atoms with Crippen LogP contribution in [-0.4, -0.2) is 34.5 Å². The average Bonchev–Trinajstić information content (AvgIpc) is 2.29. The molecule has 0 unspecified atom stereocenters. The molecule has 0 fully saturated rings. The molecule has 1 amide bonds. The molecule has 0 spiro atoms. The number of primary amides is 1. The Balaban J connectivity index is 2.98. The van der Waals surface area contributed by atoms with E-state index in [9.17, 15) is 14.0 Å². The van der Waals surface area contributed by atoms with Gasteiger partial charge in [-0.2, -0.15) is 0 Å². The largest absolute Gasteiger partial charge is 0.480 e. The molecular formula is C13H17FN2O3. The number of nitrogens with zero attached hydrogens (tertiary/aromatic N) is 1. The summed E-state index contributed by atoms with van der Waals surface area (Å²) in [5.41, 5.74) is 5.59. The third-order valence-electron chi connectivity index (χ3n) is 2.77. The van der Waals surface area contributed by atoms with Crippen molar-refractivity contribution in [1.82, 2.24) is 4.90 Å². The molecule has 1 rings (SSSR count). The lowest BCUT2D eigenvalue weighted by Gasteiger charge is -2.24. The van der Waals surface area contributed by atoms with E-state index in [0.29, 0.717) is 0 Å². The highest BCUT2D eigenvalue weighted by atomic mass is 19.1. The number of hydrogen-bond donors (Lipinski definition) is 2. The number of carboxylic acids is 1. The van der Waals surface area contributed by atoms with Crippen LogP contribution in [0.25, 0.3) is 0 Å². The Morgan fingerprint density at radius 2 is 2.05 bits per heavy atom. The van der Waals surface area contributed by atoms with Crippen molar-refractivity contribution >= 4 is 11.9 Å². The van der Waals surface area contributed by atoms with Gasteiger partial charge in [0.1, 0.15) is 5.82 Å². The lowest BCUT2D eigenvalue weighted by Crippen LogP contribution is -2.35. The molecule has 5 nitrogen and oxygen atoms in total. The number of aliphatic carboxylic acids is 1. The Morgan fingerprint density at radius 3 is 2.53 bits per heavy atom. The van der Waals surface area contributed by atoms with Crippen molar-refractivity contribution in [1.29, 1.82) is 0 Å². The zero-order valence-electron chi connectivity index (χ0n) is 10.9. The quantitative estimate of drug-likeness (QED) is 0.812. The van der Waals surface area contributed by atoms with Gasteiger partial charge in [-0.25, -0.2) is 4.39 Å². The van der Waals surface area contributed by atoms with E-state index in [1.807, 2.05) is 13.8 Å². The Labute approximate surface area is 110 Å². The zero-order chi connectivity index (χ0) is 14.6. The maximum atomic E-state index is 13.7. The van der Waals surface area contributed by atoms with Gasteiger partial charge < -0.3 is 10.8 Å². The second kappa shape index (κ2) is 6.29. The van der Waals surface area contributed by atoms with Gasteiger partial charge in [0.15, 0.2) is 0 Å². The maximum absolute atomic E-state index is 13.7. The van der Waals surface area contributed by atoms with E-state index in [2.05, 4.69) is 0 Å². The average molecular weight is 268 g/mol. The third-order valence-corrected chi connectivity index (χ3v) is 2.77. The van der Waals surface area contributed by atoms with Gasteiger partial charge in [0.2, 0.25) is 5.91 Å². The van der Waals surface area contributed by atoms with Crippen LogP contribution in [0.3, 0.4) is 0 Å². The summed E-state index contributed by atoms with van der Waals surface area (Å²) in [6.07, 6.45) is 0. The van der Waals surface area contributed by atoms with Gasteiger partial charge in [0, 0.05) is 23.7 Å². The van der Waals surface area contributed by atoms with E-state index in [1.165, 1.54) is 12.1 Å². The molecule has 6 heteroatoms. The Bertz CT molecular complexity index is 489. The summed E-state index contributed by atoms with van der Waals surface area (Å²) in [6.45, 7) is 3.55. The van der Waals surface area contributed by atoms with E-state index in [0.717, 1.165) is 6.07 Å². The molecule has 0 aliphatic rings. The molecule has 3 N–H and O–H groups in total. The van der Waals surface area contributed by atoms with Gasteiger partial charge in [-0.1, -0.05) is 0 Å². The summed E-state index contributed by atoms with van der Waals surface area (Å²) >= 11 is 0. The number of carbonyl (C=O) groups excluding carboxylic acids is 1. The number of amides is 1. The van der Waals surface area contributed by atoms with Crippen LogP contribution in [0.1, 0.15) is 29.8 Å². The number of hydrogen-bond acceptors (Lipinski definition) is 3. The van der Waals surface area contributed by atoms with Crippen LogP contribution in [0.5, 0.6) is 0 Å². The van der Waals surface area contributed by atoms with Crippen LogP contribution in [0.2, 0.25) is 0 Å². The van der Waals surface area contributed by atoms with Crippen molar-refractivity contribution in [2.45, 2.75) is 26.4 Å². The highest BCUT2D eigenvalue weighted by Gasteiger charge is 2.16. The number of benzene rings is 1. The minimum atomic E-state index is -0.986. The summed E-state index contributed by atoms with van der Waals surface area (Å²) in [5, 5.41) is 8.81. The molecule has 0 aliphatic carbocycles. The number of halogens is 1. The van der Waals surface area contributed by atoms with Crippen molar-refractivity contribution in [3.63, 3.8) is 0 Å². The van der Waals surface area contributed by atoms with Crippen LogP contribution >= 0.6 is 0 Å². The van der Waals surface area contributed by atoms with Crippen LogP contribution < -0.4 is 5.73 Å². The van der Waals surface area contributed by atoms with Gasteiger partial charge in [-0.15, -0.1) is 0 Å². The minimum absolute atomic E-state index is 0.0623. The normalized spacial score (nSPS) is 11.0. The summed E-state index contributed by atoms with van der Waals surface area (Å²) < 4.78 is 13.7. The van der Waals surface area contributed by atoms with Gasteiger partial charge >= 0.3 is 5.97 Å². The molecule has 0 saturated heterocycles. The zero-order valence-corrected chi connectivity index (χ0v) is 10.9. The van der Waals surface area contributed by atoms with Crippen LogP contribution in [0, 0.1) is 5.82 Å². The first-order valence-corrected chi connectivity index (χ1v) is 5.85. The second-order valence-electron chi connectivity index (χ2n) is 4.56. The fourth-order valence-corrected chi connectivity index (χ4v) is 1.66. The predicted octanol–water partition coefficient (Wildman–Crippen LogP) is 1.22. The molecular weight excluding hydrogens is 251 g/mol. The molecule has 1 aromatic rings. The standard InChI is InChI=1S/C13H17FN2O3/c1-8(2)16(7-12(17)18)6-10-5-9(13(15)19)3-4-11(10)14/h3-5,8H,6-7H2,1-2H3,(H2,15,19)(H,17,18). The lowest BCUT2D eigenvalue weighted by molar-refractivity contribution is -0.139. The summed E-state index contributed by atoms with van der Waals surface area (Å²) in [5.74, 6) is -2.11. The summed E-state index contributed by atoms with van der Waals surface area (Å²) in [6, 6.07) is 3.76. The first-order valence-electron chi connectivity index (χ1n) is 5.85. The van der Waals surface area contributed by atoms with E-state index in [1.54, 1.807) is 4.90 Å². The fraction of sp³-hybridized carbons (Fsp3) is 0.385. The number of carbonyl (C=O) groups is 2. The SMILES string of the molecule is CC(C)N(CC(=O)O)Cc1cc(C(N)=O)ccc1F. The second-order valence-corrected chi connectivity index (χ2v) is 4.56. The first-order chi connectivity index (χ1) is 8.81. The fourth-order valence-electron chi connectivity index (χ4n) is 1.66. The Morgan fingerprint density at radius 1 is 1.42 bits per heavy atom. The molecule has 104 valence electrons. The molecule has 0 saturated carbocycles. The van der Waals surface area contributed by atoms with Crippen molar-refractivity contribution in [2.75, 3.05) is 6.54 Å². The number of rotatable bonds is 6. The number of carboxylic acid groups (broad SMARTS) is 1. The van der Waals surface area contributed by atoms with Gasteiger partial charge in [-0.3, -0.25) is 14.5 Å². The first kappa shape index (κ1) is 15.1. The molecule has 0 aromatic heterocycles. The summed E-state index contributed by atoms with van der Waals surface area (Å²) in [7, 11) is 0. The minimum Gasteiger partial charge on any atom is -0.480 e. The van der Waals surface area contributed by atoms with Crippen molar-refractivity contribution < 1.29 is 19.1 Å². The predicted molar refractivity (Wildman–Crippen MR) is 68.1 cm³/mol. The topological polar surface area (TPSA) is 83.6 Å². The molecule has 1 aromatic carbocycles. The molecule has 0 aliphatic heterocycles. The highest BCUT2D eigenvalue weighted by Crippen LogP contribution is 2.14. The van der Waals surface area contributed by atoms with Crippen LogP contribution in [0.4, 0.5) is 4.39 Å².